The van der Waals surface area contributed by atoms with E-state index < -0.39 is 0 Å². The lowest BCUT2D eigenvalue weighted by Crippen LogP contribution is -2.27. The second-order valence-electron chi connectivity index (χ2n) is 6.22. The molecule has 5 nitrogen and oxygen atoms in total. The fourth-order valence-electron chi connectivity index (χ4n) is 2.69. The first-order valence-electron chi connectivity index (χ1n) is 8.74. The van der Waals surface area contributed by atoms with Crippen LogP contribution in [0.15, 0.2) is 45.8 Å². The fourth-order valence-corrected chi connectivity index (χ4v) is 4.02. The molecule has 0 spiro atoms. The lowest BCUT2D eigenvalue weighted by molar-refractivity contribution is -0.122. The van der Waals surface area contributed by atoms with Crippen LogP contribution in [0.25, 0.3) is 6.08 Å². The molecule has 0 N–H and O–H groups in total. The van der Waals surface area contributed by atoms with Crippen molar-refractivity contribution in [2.45, 2.75) is 20.5 Å². The predicted molar refractivity (Wildman–Crippen MR) is 115 cm³/mol. The number of likely N-dealkylation sites (N-methyl/N-ethyl adjacent to an activating group) is 1. The van der Waals surface area contributed by atoms with E-state index in [9.17, 15) is 9.59 Å². The molecule has 1 aliphatic rings. The van der Waals surface area contributed by atoms with E-state index in [0.717, 1.165) is 27.4 Å². The van der Waals surface area contributed by atoms with E-state index in [2.05, 4.69) is 15.9 Å². The Morgan fingerprint density at radius 3 is 2.46 bits per heavy atom. The molecule has 2 aromatic rings. The lowest BCUT2D eigenvalue weighted by atomic mass is 10.1. The van der Waals surface area contributed by atoms with Crippen molar-refractivity contribution >= 4 is 44.9 Å². The van der Waals surface area contributed by atoms with Gasteiger partial charge in [0.25, 0.3) is 11.1 Å². The van der Waals surface area contributed by atoms with Gasteiger partial charge in [0, 0.05) is 11.0 Å². The number of carbonyl (C=O) groups excluding carboxylic acids is 2. The topological polar surface area (TPSA) is 55.8 Å². The Morgan fingerprint density at radius 1 is 1.14 bits per heavy atom. The average Bonchev–Trinajstić information content (AvgIpc) is 2.95. The van der Waals surface area contributed by atoms with Gasteiger partial charge in [-0.25, -0.2) is 0 Å². The minimum Gasteiger partial charge on any atom is -0.493 e. The summed E-state index contributed by atoms with van der Waals surface area (Å²) in [5.41, 5.74) is 2.99. The van der Waals surface area contributed by atoms with Crippen LogP contribution in [0.1, 0.15) is 23.6 Å². The van der Waals surface area contributed by atoms with Crippen LogP contribution in [0.4, 0.5) is 4.79 Å². The molecule has 1 saturated heterocycles. The molecule has 0 aromatic heterocycles. The van der Waals surface area contributed by atoms with Gasteiger partial charge in [0.15, 0.2) is 11.5 Å². The summed E-state index contributed by atoms with van der Waals surface area (Å²) in [6.45, 7) is 4.59. The number of nitrogens with zero attached hydrogens (tertiary/aromatic N) is 1. The Bertz CT molecular complexity index is 940. The minimum atomic E-state index is -0.275. The predicted octanol–water partition coefficient (Wildman–Crippen LogP) is 5.40. The van der Waals surface area contributed by atoms with Crippen LogP contribution in [0.5, 0.6) is 11.5 Å². The largest absolute Gasteiger partial charge is 0.493 e. The number of methoxy groups -OCH3 is 1. The molecule has 1 fully saturated rings. The first-order chi connectivity index (χ1) is 13.4. The van der Waals surface area contributed by atoms with Crippen LogP contribution >= 0.6 is 27.7 Å². The molecule has 28 heavy (non-hydrogen) atoms. The van der Waals surface area contributed by atoms with Crippen LogP contribution in [-0.2, 0) is 11.4 Å². The second-order valence-corrected chi connectivity index (χ2v) is 8.07. The first-order valence-corrected chi connectivity index (χ1v) is 10.3. The minimum absolute atomic E-state index is 0.250. The van der Waals surface area contributed by atoms with Gasteiger partial charge in [-0.2, -0.15) is 0 Å². The maximum Gasteiger partial charge on any atom is 0.293 e. The molecule has 0 radical (unpaired) electrons. The van der Waals surface area contributed by atoms with Gasteiger partial charge in [-0.05, 0) is 54.9 Å². The number of carbonyl (C=O) groups is 2. The molecule has 0 bridgehead atoms. The van der Waals surface area contributed by atoms with Crippen molar-refractivity contribution in [1.82, 2.24) is 4.90 Å². The zero-order valence-electron chi connectivity index (χ0n) is 15.8. The normalized spacial score (nSPS) is 15.4. The zero-order valence-corrected chi connectivity index (χ0v) is 18.2. The lowest BCUT2D eigenvalue weighted by Gasteiger charge is -2.13. The monoisotopic (exact) mass is 461 g/mol. The van der Waals surface area contributed by atoms with E-state index in [-0.39, 0.29) is 11.1 Å². The molecule has 0 atom stereocenters. The van der Waals surface area contributed by atoms with E-state index in [0.29, 0.717) is 29.6 Å². The van der Waals surface area contributed by atoms with Crippen molar-refractivity contribution in [3.05, 3.63) is 62.5 Å². The third-order valence-electron chi connectivity index (χ3n) is 4.27. The van der Waals surface area contributed by atoms with Gasteiger partial charge >= 0.3 is 0 Å². The molecule has 0 aliphatic carbocycles. The van der Waals surface area contributed by atoms with Crippen molar-refractivity contribution in [3.8, 4) is 11.5 Å². The van der Waals surface area contributed by atoms with Crippen molar-refractivity contribution in [3.63, 3.8) is 0 Å². The number of ether oxygens (including phenoxy) is 2. The first kappa shape index (κ1) is 20.5. The van der Waals surface area contributed by atoms with Gasteiger partial charge < -0.3 is 9.47 Å². The van der Waals surface area contributed by atoms with Gasteiger partial charge in [-0.15, -0.1) is 0 Å². The summed E-state index contributed by atoms with van der Waals surface area (Å²) in [5, 5.41) is -0.250. The number of amides is 2. The molecule has 2 amide bonds. The van der Waals surface area contributed by atoms with Crippen molar-refractivity contribution in [1.29, 1.82) is 0 Å². The van der Waals surface area contributed by atoms with Crippen LogP contribution in [0.2, 0.25) is 0 Å². The number of thioether (sulfide) groups is 1. The highest BCUT2D eigenvalue weighted by molar-refractivity contribution is 9.10. The summed E-state index contributed by atoms with van der Waals surface area (Å²) in [6.07, 6.45) is 1.69. The molecule has 7 heteroatoms. The molecular formula is C21H20BrNO4S. The highest BCUT2D eigenvalue weighted by Crippen LogP contribution is 2.38. The number of aryl methyl sites for hydroxylation is 1. The van der Waals surface area contributed by atoms with Crippen molar-refractivity contribution in [2.75, 3.05) is 13.7 Å². The SMILES string of the molecule is CCN1C(=O)S/C(=C/c2cc(OC)c(OCc3ccc(C)cc3)cc2Br)C1=O. The van der Waals surface area contributed by atoms with Gasteiger partial charge in [0.05, 0.1) is 12.0 Å². The third-order valence-corrected chi connectivity index (χ3v) is 5.87. The van der Waals surface area contributed by atoms with Crippen LogP contribution in [-0.4, -0.2) is 29.7 Å². The number of rotatable bonds is 6. The molecule has 146 valence electrons. The van der Waals surface area contributed by atoms with E-state index in [1.807, 2.05) is 37.3 Å². The summed E-state index contributed by atoms with van der Waals surface area (Å²) in [5.74, 6) is 0.869. The number of hydrogen-bond donors (Lipinski definition) is 0. The van der Waals surface area contributed by atoms with E-state index in [4.69, 9.17) is 9.47 Å². The molecule has 3 rings (SSSR count). The quantitative estimate of drug-likeness (QED) is 0.538. The number of imide groups is 1. The molecule has 0 saturated carbocycles. The van der Waals surface area contributed by atoms with Gasteiger partial charge in [-0.3, -0.25) is 14.5 Å². The van der Waals surface area contributed by atoms with Gasteiger partial charge in [-0.1, -0.05) is 45.8 Å². The van der Waals surface area contributed by atoms with Crippen LogP contribution in [0, 0.1) is 6.92 Å². The maximum atomic E-state index is 12.3. The summed E-state index contributed by atoms with van der Waals surface area (Å²) in [6, 6.07) is 11.7. The molecule has 2 aromatic carbocycles. The van der Waals surface area contributed by atoms with E-state index in [1.54, 1.807) is 26.2 Å². The summed E-state index contributed by atoms with van der Waals surface area (Å²) >= 11 is 4.46. The Hall–Kier alpha value is -2.25. The Kier molecular flexibility index (Phi) is 6.46. The average molecular weight is 462 g/mol. The molecule has 1 heterocycles. The summed E-state index contributed by atoms with van der Waals surface area (Å²) in [4.78, 5) is 25.8. The van der Waals surface area contributed by atoms with E-state index in [1.165, 1.54) is 10.5 Å². The highest BCUT2D eigenvalue weighted by Gasteiger charge is 2.33. The van der Waals surface area contributed by atoms with Gasteiger partial charge in [0.1, 0.15) is 6.61 Å². The van der Waals surface area contributed by atoms with E-state index >= 15 is 0 Å². The molecular weight excluding hydrogens is 442 g/mol. The number of benzene rings is 2. The number of hydrogen-bond acceptors (Lipinski definition) is 5. The second kappa shape index (κ2) is 8.84. The molecule has 1 aliphatic heterocycles. The molecule has 0 unspecified atom stereocenters. The van der Waals surface area contributed by atoms with Crippen molar-refractivity contribution in [2.24, 2.45) is 0 Å². The van der Waals surface area contributed by atoms with Gasteiger partial charge in [0.2, 0.25) is 0 Å². The third kappa shape index (κ3) is 4.42. The standard InChI is InChI=1S/C21H20BrNO4S/c1-4-23-20(24)19(28-21(23)25)10-15-9-17(26-3)18(11-16(15)22)27-12-14-7-5-13(2)6-8-14/h5-11H,4,12H2,1-3H3/b19-10+. The smallest absolute Gasteiger partial charge is 0.293 e. The summed E-state index contributed by atoms with van der Waals surface area (Å²) < 4.78 is 12.1. The highest BCUT2D eigenvalue weighted by atomic mass is 79.9. The fraction of sp³-hybridized carbons (Fsp3) is 0.238. The van der Waals surface area contributed by atoms with Crippen molar-refractivity contribution < 1.29 is 19.1 Å². The van der Waals surface area contributed by atoms with Crippen LogP contribution < -0.4 is 9.47 Å². The Morgan fingerprint density at radius 2 is 1.86 bits per heavy atom. The Labute approximate surface area is 176 Å². The zero-order chi connectivity index (χ0) is 20.3. The maximum absolute atomic E-state index is 12.3. The Balaban J connectivity index is 1.83. The van der Waals surface area contributed by atoms with Crippen LogP contribution in [0.3, 0.4) is 0 Å². The number of halogens is 1. The summed E-state index contributed by atoms with van der Waals surface area (Å²) in [7, 11) is 1.57.